The highest BCUT2D eigenvalue weighted by atomic mass is 19.1. The molecule has 8 nitrogen and oxygen atoms in total. The van der Waals surface area contributed by atoms with Gasteiger partial charge in [-0.3, -0.25) is 9.20 Å². The maximum atomic E-state index is 14.3. The molecule has 0 fully saturated rings. The number of methoxy groups -OCH3 is 1. The molecule has 9 heteroatoms. The standard InChI is InChI=1S/C28H33FN6O2/c1-5-30-12-7-14-34(6-2)28(36)22-10-9-21(16-19(22)3)33-26-27-32-18-24(35(27)15-13-31-26)20-8-11-25(37-4)23(29)17-20/h8-11,13,15-18,30H,5-7,12,14H2,1-4H3,(H,31,33). The monoisotopic (exact) mass is 504 g/mol. The minimum atomic E-state index is -0.438. The highest BCUT2D eigenvalue weighted by molar-refractivity contribution is 5.96. The first-order valence-corrected chi connectivity index (χ1v) is 12.5. The summed E-state index contributed by atoms with van der Waals surface area (Å²) in [6, 6.07) is 10.5. The molecule has 4 rings (SSSR count). The van der Waals surface area contributed by atoms with E-state index in [1.807, 2.05) is 41.3 Å². The Morgan fingerprint density at radius 1 is 1.16 bits per heavy atom. The zero-order valence-electron chi connectivity index (χ0n) is 21.7. The molecular formula is C28H33FN6O2. The smallest absolute Gasteiger partial charge is 0.254 e. The van der Waals surface area contributed by atoms with E-state index in [0.717, 1.165) is 36.5 Å². The first kappa shape index (κ1) is 26.1. The molecule has 0 aliphatic heterocycles. The molecule has 2 aromatic carbocycles. The fourth-order valence-electron chi connectivity index (χ4n) is 4.31. The van der Waals surface area contributed by atoms with Gasteiger partial charge in [-0.1, -0.05) is 6.92 Å². The Kier molecular flexibility index (Phi) is 8.35. The van der Waals surface area contributed by atoms with Crippen LogP contribution in [0.5, 0.6) is 5.75 Å². The average molecular weight is 505 g/mol. The SMILES string of the molecule is CCNCCCN(CC)C(=O)c1ccc(Nc2nccn3c(-c4ccc(OC)c(F)c4)cnc23)cc1C. The van der Waals surface area contributed by atoms with Gasteiger partial charge >= 0.3 is 0 Å². The van der Waals surface area contributed by atoms with Gasteiger partial charge in [0.15, 0.2) is 23.0 Å². The summed E-state index contributed by atoms with van der Waals surface area (Å²) in [5, 5.41) is 6.62. The third kappa shape index (κ3) is 5.72. The quantitative estimate of drug-likeness (QED) is 0.278. The van der Waals surface area contributed by atoms with Crippen LogP contribution in [0, 0.1) is 12.7 Å². The van der Waals surface area contributed by atoms with E-state index in [1.54, 1.807) is 30.7 Å². The normalized spacial score (nSPS) is 11.1. The van der Waals surface area contributed by atoms with E-state index in [2.05, 4.69) is 27.5 Å². The molecule has 194 valence electrons. The number of ether oxygens (including phenoxy) is 1. The van der Waals surface area contributed by atoms with Crippen molar-refractivity contribution in [3.8, 4) is 17.0 Å². The predicted octanol–water partition coefficient (Wildman–Crippen LogP) is 5.06. The van der Waals surface area contributed by atoms with Gasteiger partial charge < -0.3 is 20.3 Å². The van der Waals surface area contributed by atoms with Crippen molar-refractivity contribution in [3.05, 3.63) is 71.9 Å². The van der Waals surface area contributed by atoms with E-state index >= 15 is 0 Å². The van der Waals surface area contributed by atoms with Crippen LogP contribution >= 0.6 is 0 Å². The van der Waals surface area contributed by atoms with Gasteiger partial charge in [0.1, 0.15) is 0 Å². The van der Waals surface area contributed by atoms with E-state index in [1.165, 1.54) is 13.2 Å². The molecule has 2 N–H and O–H groups in total. The van der Waals surface area contributed by atoms with Crippen LogP contribution < -0.4 is 15.4 Å². The first-order chi connectivity index (χ1) is 18.0. The number of hydrogen-bond donors (Lipinski definition) is 2. The second-order valence-corrected chi connectivity index (χ2v) is 8.71. The number of anilines is 2. The van der Waals surface area contributed by atoms with Gasteiger partial charge in [0, 0.05) is 42.3 Å². The van der Waals surface area contributed by atoms with Gasteiger partial charge in [0.2, 0.25) is 0 Å². The summed E-state index contributed by atoms with van der Waals surface area (Å²) < 4.78 is 21.2. The van der Waals surface area contributed by atoms with Crippen molar-refractivity contribution in [2.75, 3.05) is 38.6 Å². The molecule has 2 heterocycles. The number of hydrogen-bond acceptors (Lipinski definition) is 6. The van der Waals surface area contributed by atoms with Gasteiger partial charge in [0.05, 0.1) is 19.0 Å². The lowest BCUT2D eigenvalue weighted by molar-refractivity contribution is 0.0762. The lowest BCUT2D eigenvalue weighted by Gasteiger charge is -2.22. The van der Waals surface area contributed by atoms with Crippen LogP contribution in [0.15, 0.2) is 55.0 Å². The molecule has 0 spiro atoms. The summed E-state index contributed by atoms with van der Waals surface area (Å²) in [5.41, 5.74) is 4.37. The molecule has 0 radical (unpaired) electrons. The summed E-state index contributed by atoms with van der Waals surface area (Å²) >= 11 is 0. The minimum absolute atomic E-state index is 0.0351. The van der Waals surface area contributed by atoms with Gasteiger partial charge in [0.25, 0.3) is 5.91 Å². The summed E-state index contributed by atoms with van der Waals surface area (Å²) in [5.74, 6) is 0.342. The van der Waals surface area contributed by atoms with E-state index in [9.17, 15) is 9.18 Å². The minimum Gasteiger partial charge on any atom is -0.494 e. The number of nitrogens with one attached hydrogen (secondary N) is 2. The zero-order chi connectivity index (χ0) is 26.4. The third-order valence-corrected chi connectivity index (χ3v) is 6.30. The number of aryl methyl sites for hydroxylation is 1. The highest BCUT2D eigenvalue weighted by Gasteiger charge is 2.17. The number of fused-ring (bicyclic) bond motifs is 1. The second-order valence-electron chi connectivity index (χ2n) is 8.71. The molecule has 0 bridgehead atoms. The fraction of sp³-hybridized carbons (Fsp3) is 0.321. The van der Waals surface area contributed by atoms with Crippen LogP contribution in [0.4, 0.5) is 15.9 Å². The Bertz CT molecular complexity index is 1390. The van der Waals surface area contributed by atoms with E-state index < -0.39 is 5.82 Å². The number of amides is 1. The summed E-state index contributed by atoms with van der Waals surface area (Å²) in [7, 11) is 1.44. The number of aromatic nitrogens is 3. The van der Waals surface area contributed by atoms with Crippen LogP contribution in [0.25, 0.3) is 16.9 Å². The van der Waals surface area contributed by atoms with Crippen molar-refractivity contribution in [1.82, 2.24) is 24.6 Å². The van der Waals surface area contributed by atoms with Crippen molar-refractivity contribution < 1.29 is 13.9 Å². The molecule has 0 atom stereocenters. The molecule has 37 heavy (non-hydrogen) atoms. The Morgan fingerprint density at radius 3 is 2.70 bits per heavy atom. The van der Waals surface area contributed by atoms with Crippen molar-refractivity contribution in [1.29, 1.82) is 0 Å². The molecule has 0 aliphatic carbocycles. The van der Waals surface area contributed by atoms with Crippen LogP contribution in [-0.4, -0.2) is 58.5 Å². The number of nitrogens with zero attached hydrogens (tertiary/aromatic N) is 4. The maximum absolute atomic E-state index is 14.3. The summed E-state index contributed by atoms with van der Waals surface area (Å²) in [6.07, 6.45) is 6.05. The topological polar surface area (TPSA) is 83.8 Å². The Balaban J connectivity index is 1.54. The number of halogens is 1. The van der Waals surface area contributed by atoms with E-state index in [0.29, 0.717) is 35.7 Å². The molecule has 1 amide bonds. The maximum Gasteiger partial charge on any atom is 0.254 e. The molecule has 0 saturated carbocycles. The molecule has 0 saturated heterocycles. The second kappa shape index (κ2) is 11.8. The number of imidazole rings is 1. The van der Waals surface area contributed by atoms with Crippen molar-refractivity contribution in [3.63, 3.8) is 0 Å². The van der Waals surface area contributed by atoms with E-state index in [4.69, 9.17) is 4.74 Å². The average Bonchev–Trinajstić information content (AvgIpc) is 3.34. The predicted molar refractivity (Wildman–Crippen MR) is 144 cm³/mol. The number of rotatable bonds is 11. The molecule has 4 aromatic rings. The van der Waals surface area contributed by atoms with Gasteiger partial charge in [-0.2, -0.15) is 0 Å². The summed E-state index contributed by atoms with van der Waals surface area (Å²) in [6.45, 7) is 9.21. The number of carbonyl (C=O) groups excluding carboxylic acids is 1. The number of benzene rings is 2. The van der Waals surface area contributed by atoms with Crippen LogP contribution in [0.2, 0.25) is 0 Å². The van der Waals surface area contributed by atoms with Gasteiger partial charge in [-0.05, 0) is 75.3 Å². The van der Waals surface area contributed by atoms with Gasteiger partial charge in [-0.15, -0.1) is 0 Å². The lowest BCUT2D eigenvalue weighted by atomic mass is 10.1. The highest BCUT2D eigenvalue weighted by Crippen LogP contribution is 2.29. The lowest BCUT2D eigenvalue weighted by Crippen LogP contribution is -2.33. The third-order valence-electron chi connectivity index (χ3n) is 6.30. The Hall–Kier alpha value is -3.98. The summed E-state index contributed by atoms with van der Waals surface area (Å²) in [4.78, 5) is 24.0. The largest absolute Gasteiger partial charge is 0.494 e. The molecule has 0 unspecified atom stereocenters. The zero-order valence-corrected chi connectivity index (χ0v) is 21.7. The van der Waals surface area contributed by atoms with Crippen molar-refractivity contribution in [2.24, 2.45) is 0 Å². The van der Waals surface area contributed by atoms with Crippen LogP contribution in [0.3, 0.4) is 0 Å². The molecule has 0 aliphatic rings. The molecule has 2 aromatic heterocycles. The van der Waals surface area contributed by atoms with Crippen molar-refractivity contribution in [2.45, 2.75) is 27.2 Å². The van der Waals surface area contributed by atoms with E-state index in [-0.39, 0.29) is 11.7 Å². The first-order valence-electron chi connectivity index (χ1n) is 12.5. The van der Waals surface area contributed by atoms with Crippen LogP contribution in [-0.2, 0) is 0 Å². The fourth-order valence-corrected chi connectivity index (χ4v) is 4.31. The number of carbonyl (C=O) groups is 1. The van der Waals surface area contributed by atoms with Crippen molar-refractivity contribution >= 4 is 23.1 Å². The van der Waals surface area contributed by atoms with Gasteiger partial charge in [-0.25, -0.2) is 14.4 Å². The molecular weight excluding hydrogens is 471 g/mol. The Morgan fingerprint density at radius 2 is 2.00 bits per heavy atom. The Labute approximate surface area is 216 Å². The van der Waals surface area contributed by atoms with Crippen LogP contribution in [0.1, 0.15) is 36.2 Å².